The molecule has 1 aliphatic carbocycles. The van der Waals surface area contributed by atoms with Crippen molar-refractivity contribution in [3.63, 3.8) is 0 Å². The van der Waals surface area contributed by atoms with Crippen molar-refractivity contribution in [3.8, 4) is 0 Å². The van der Waals surface area contributed by atoms with Crippen LogP contribution < -0.4 is 0 Å². The van der Waals surface area contributed by atoms with Crippen LogP contribution >= 0.6 is 0 Å². The number of hydrogen-bond donors (Lipinski definition) is 1. The van der Waals surface area contributed by atoms with Crippen LogP contribution in [0.15, 0.2) is 0 Å². The Hall–Kier alpha value is -0.0151. The zero-order valence-electron chi connectivity index (χ0n) is 8.74. The lowest BCUT2D eigenvalue weighted by Gasteiger charge is -2.46. The maximum atomic E-state index is 10.1. The molecule has 3 heteroatoms. The van der Waals surface area contributed by atoms with Gasteiger partial charge in [0.05, 0.1) is 6.10 Å². The molecule has 4 atom stereocenters. The summed E-state index contributed by atoms with van der Waals surface area (Å²) in [5.41, 5.74) is 0. The molecule has 2 fully saturated rings. The van der Waals surface area contributed by atoms with Crippen LogP contribution in [0.1, 0.15) is 26.2 Å². The van der Waals surface area contributed by atoms with Gasteiger partial charge in [0.15, 0.2) is 7.98 Å². The Kier molecular flexibility index (Phi) is 2.66. The summed E-state index contributed by atoms with van der Waals surface area (Å²) < 4.78 is 0. The summed E-state index contributed by atoms with van der Waals surface area (Å²) in [6.07, 6.45) is 3.64. The zero-order chi connectivity index (χ0) is 9.42. The molecule has 1 aliphatic heterocycles. The molecule has 0 amide bonds. The van der Waals surface area contributed by atoms with E-state index in [4.69, 9.17) is 0 Å². The van der Waals surface area contributed by atoms with Gasteiger partial charge in [-0.15, -0.1) is 0 Å². The second kappa shape index (κ2) is 3.62. The third-order valence-corrected chi connectivity index (χ3v) is 3.88. The number of rotatable bonds is 1. The van der Waals surface area contributed by atoms with Crippen molar-refractivity contribution in [1.82, 2.24) is 4.81 Å². The predicted molar refractivity (Wildman–Crippen MR) is 56.1 cm³/mol. The molecule has 0 aromatic rings. The van der Waals surface area contributed by atoms with E-state index in [1.807, 2.05) is 0 Å². The maximum Gasteiger partial charge on any atom is 0.185 e. The highest BCUT2D eigenvalue weighted by Gasteiger charge is 2.39. The predicted octanol–water partition coefficient (Wildman–Crippen LogP) is 0.263. The molecular weight excluding hydrogens is 161 g/mol. The molecule has 74 valence electrons. The van der Waals surface area contributed by atoms with Gasteiger partial charge in [-0.3, -0.25) is 0 Å². The molecule has 1 saturated heterocycles. The standard InChI is InChI=1S/C10H20BNO/c1-2-8-3-7-4-9(10(8)13)6-12(11)5-7/h7-10,13H,2-6,11H2,1H3. The van der Waals surface area contributed by atoms with Gasteiger partial charge in [0.2, 0.25) is 0 Å². The summed E-state index contributed by atoms with van der Waals surface area (Å²) >= 11 is 0. The fourth-order valence-corrected chi connectivity index (χ4v) is 3.27. The van der Waals surface area contributed by atoms with E-state index >= 15 is 0 Å². The van der Waals surface area contributed by atoms with Crippen molar-refractivity contribution in [3.05, 3.63) is 0 Å². The van der Waals surface area contributed by atoms with E-state index < -0.39 is 0 Å². The average molecular weight is 181 g/mol. The monoisotopic (exact) mass is 181 g/mol. The lowest BCUT2D eigenvalue weighted by Crippen LogP contribution is -2.50. The molecule has 2 bridgehead atoms. The van der Waals surface area contributed by atoms with Crippen molar-refractivity contribution in [2.24, 2.45) is 17.8 Å². The molecule has 0 aromatic heterocycles. The molecule has 2 aliphatic rings. The first-order valence-electron chi connectivity index (χ1n) is 5.57. The van der Waals surface area contributed by atoms with Crippen LogP contribution in [0.5, 0.6) is 0 Å². The van der Waals surface area contributed by atoms with Gasteiger partial charge in [-0.2, -0.15) is 0 Å². The van der Waals surface area contributed by atoms with Crippen LogP contribution in [0.4, 0.5) is 0 Å². The Bertz CT molecular complexity index is 186. The van der Waals surface area contributed by atoms with Gasteiger partial charge in [-0.1, -0.05) is 13.3 Å². The molecule has 2 rings (SSSR count). The number of hydrogen-bond acceptors (Lipinski definition) is 2. The van der Waals surface area contributed by atoms with E-state index in [1.54, 1.807) is 0 Å². The smallest absolute Gasteiger partial charge is 0.185 e. The lowest BCUT2D eigenvalue weighted by molar-refractivity contribution is -0.0361. The van der Waals surface area contributed by atoms with Crippen molar-refractivity contribution in [2.45, 2.75) is 32.3 Å². The van der Waals surface area contributed by atoms with E-state index in [2.05, 4.69) is 19.7 Å². The Morgan fingerprint density at radius 2 is 2.15 bits per heavy atom. The van der Waals surface area contributed by atoms with Crippen molar-refractivity contribution in [1.29, 1.82) is 0 Å². The first kappa shape index (κ1) is 9.54. The Balaban J connectivity index is 2.05. The molecular formula is C10H20BNO. The van der Waals surface area contributed by atoms with Crippen molar-refractivity contribution < 1.29 is 5.11 Å². The van der Waals surface area contributed by atoms with Crippen LogP contribution in [-0.2, 0) is 0 Å². The van der Waals surface area contributed by atoms with Gasteiger partial charge in [0.1, 0.15) is 0 Å². The van der Waals surface area contributed by atoms with Crippen molar-refractivity contribution in [2.75, 3.05) is 13.1 Å². The van der Waals surface area contributed by atoms with E-state index in [0.717, 1.165) is 18.9 Å². The maximum absolute atomic E-state index is 10.1. The highest BCUT2D eigenvalue weighted by atomic mass is 16.3. The van der Waals surface area contributed by atoms with Crippen LogP contribution in [-0.4, -0.2) is 37.1 Å². The zero-order valence-corrected chi connectivity index (χ0v) is 8.74. The van der Waals surface area contributed by atoms with E-state index in [-0.39, 0.29) is 6.10 Å². The highest BCUT2D eigenvalue weighted by molar-refractivity contribution is 6.04. The SMILES string of the molecule is BN1CC2CC(CC)C(O)C(C2)C1. The number of piperidine rings is 1. The molecule has 0 spiro atoms. The molecule has 4 unspecified atom stereocenters. The summed E-state index contributed by atoms with van der Waals surface area (Å²) in [6.45, 7) is 4.56. The summed E-state index contributed by atoms with van der Waals surface area (Å²) in [5.74, 6) is 2.00. The van der Waals surface area contributed by atoms with E-state index in [0.29, 0.717) is 11.8 Å². The fourth-order valence-electron chi connectivity index (χ4n) is 3.27. The topological polar surface area (TPSA) is 23.5 Å². The van der Waals surface area contributed by atoms with Crippen LogP contribution in [0.2, 0.25) is 0 Å². The molecule has 1 N–H and O–H groups in total. The Morgan fingerprint density at radius 3 is 2.85 bits per heavy atom. The second-order valence-corrected chi connectivity index (χ2v) is 4.98. The lowest BCUT2D eigenvalue weighted by atomic mass is 9.69. The fraction of sp³-hybridized carbons (Fsp3) is 1.00. The molecule has 0 aromatic carbocycles. The van der Waals surface area contributed by atoms with Crippen molar-refractivity contribution >= 4 is 7.98 Å². The number of aliphatic hydroxyl groups excluding tert-OH is 1. The minimum absolute atomic E-state index is 0.0241. The van der Waals surface area contributed by atoms with E-state index in [9.17, 15) is 5.11 Å². The number of fused-ring (bicyclic) bond motifs is 2. The summed E-state index contributed by atoms with van der Waals surface area (Å²) in [7, 11) is 2.18. The number of aliphatic hydroxyl groups is 1. The quantitative estimate of drug-likeness (QED) is 0.586. The summed E-state index contributed by atoms with van der Waals surface area (Å²) in [5, 5.41) is 10.1. The molecule has 2 nitrogen and oxygen atoms in total. The summed E-state index contributed by atoms with van der Waals surface area (Å²) in [6, 6.07) is 0. The third kappa shape index (κ3) is 1.77. The Morgan fingerprint density at radius 1 is 1.38 bits per heavy atom. The van der Waals surface area contributed by atoms with Gasteiger partial charge >= 0.3 is 0 Å². The van der Waals surface area contributed by atoms with Crippen LogP contribution in [0, 0.1) is 17.8 Å². The highest BCUT2D eigenvalue weighted by Crippen LogP contribution is 2.38. The van der Waals surface area contributed by atoms with Gasteiger partial charge in [0, 0.05) is 0 Å². The van der Waals surface area contributed by atoms with Gasteiger partial charge < -0.3 is 9.92 Å². The summed E-state index contributed by atoms with van der Waals surface area (Å²) in [4.78, 5) is 2.38. The van der Waals surface area contributed by atoms with Crippen LogP contribution in [0.3, 0.4) is 0 Å². The number of nitrogens with zero attached hydrogens (tertiary/aromatic N) is 1. The molecule has 1 saturated carbocycles. The molecule has 0 radical (unpaired) electrons. The first-order chi connectivity index (χ1) is 6.20. The Labute approximate surface area is 81.7 Å². The normalized spacial score (nSPS) is 46.3. The molecule has 1 heterocycles. The van der Waals surface area contributed by atoms with Gasteiger partial charge in [0.25, 0.3) is 0 Å². The van der Waals surface area contributed by atoms with Gasteiger partial charge in [-0.25, -0.2) is 0 Å². The second-order valence-electron chi connectivity index (χ2n) is 4.98. The third-order valence-electron chi connectivity index (χ3n) is 3.88. The van der Waals surface area contributed by atoms with Crippen LogP contribution in [0.25, 0.3) is 0 Å². The van der Waals surface area contributed by atoms with E-state index in [1.165, 1.54) is 19.4 Å². The minimum Gasteiger partial charge on any atom is -0.393 e. The first-order valence-corrected chi connectivity index (χ1v) is 5.57. The largest absolute Gasteiger partial charge is 0.393 e. The average Bonchev–Trinajstić information content (AvgIpc) is 2.10. The molecule has 13 heavy (non-hydrogen) atoms. The minimum atomic E-state index is -0.0241. The van der Waals surface area contributed by atoms with Gasteiger partial charge in [-0.05, 0) is 43.7 Å².